The first-order valence-corrected chi connectivity index (χ1v) is 8.85. The van der Waals surface area contributed by atoms with Gasteiger partial charge in [0.2, 0.25) is 0 Å². The summed E-state index contributed by atoms with van der Waals surface area (Å²) in [5.41, 5.74) is 3.56. The van der Waals surface area contributed by atoms with E-state index in [1.54, 1.807) is 0 Å². The van der Waals surface area contributed by atoms with Gasteiger partial charge in [-0.05, 0) is 43.0 Å². The Morgan fingerprint density at radius 3 is 2.46 bits per heavy atom. The van der Waals surface area contributed by atoms with Gasteiger partial charge < -0.3 is 14.6 Å². The second-order valence-electron chi connectivity index (χ2n) is 6.65. The Hall–Kier alpha value is -2.36. The van der Waals surface area contributed by atoms with E-state index >= 15 is 0 Å². The summed E-state index contributed by atoms with van der Waals surface area (Å²) in [5.74, 6) is 1.11. The number of aldehydes is 1. The third-order valence-corrected chi connectivity index (χ3v) is 5.21. The van der Waals surface area contributed by atoms with E-state index < -0.39 is 0 Å². The summed E-state index contributed by atoms with van der Waals surface area (Å²) in [6.07, 6.45) is 4.11. The molecule has 0 amide bonds. The van der Waals surface area contributed by atoms with Crippen LogP contribution in [0, 0.1) is 0 Å². The van der Waals surface area contributed by atoms with Gasteiger partial charge in [-0.1, -0.05) is 24.3 Å². The molecule has 4 rings (SSSR count). The van der Waals surface area contributed by atoms with Crippen LogP contribution >= 0.6 is 0 Å². The SMILES string of the molecule is O=CC1CCCc2nc(N3CCN(c4ccccc4)CC3)ccc21. The number of aryl methyl sites for hydroxylation is 1. The fourth-order valence-corrected chi connectivity index (χ4v) is 3.83. The molecule has 24 heavy (non-hydrogen) atoms. The minimum atomic E-state index is 0.0465. The Labute approximate surface area is 143 Å². The Bertz CT molecular complexity index is 708. The minimum Gasteiger partial charge on any atom is -0.368 e. The van der Waals surface area contributed by atoms with Crippen molar-refractivity contribution in [2.45, 2.75) is 25.2 Å². The van der Waals surface area contributed by atoms with Gasteiger partial charge in [0.1, 0.15) is 12.1 Å². The molecule has 0 saturated carbocycles. The van der Waals surface area contributed by atoms with E-state index in [0.717, 1.165) is 68.8 Å². The van der Waals surface area contributed by atoms with Gasteiger partial charge in [-0.15, -0.1) is 0 Å². The number of hydrogen-bond donors (Lipinski definition) is 0. The molecule has 2 aliphatic rings. The number of piperazine rings is 1. The molecule has 4 heteroatoms. The molecule has 2 heterocycles. The van der Waals surface area contributed by atoms with Crippen molar-refractivity contribution in [2.24, 2.45) is 0 Å². The third-order valence-electron chi connectivity index (χ3n) is 5.21. The predicted molar refractivity (Wildman–Crippen MR) is 96.8 cm³/mol. The van der Waals surface area contributed by atoms with Crippen molar-refractivity contribution in [1.82, 2.24) is 4.98 Å². The molecule has 0 spiro atoms. The summed E-state index contributed by atoms with van der Waals surface area (Å²) in [6.45, 7) is 4.00. The molecule has 1 fully saturated rings. The second-order valence-corrected chi connectivity index (χ2v) is 6.65. The monoisotopic (exact) mass is 321 g/mol. The molecule has 4 nitrogen and oxygen atoms in total. The van der Waals surface area contributed by atoms with Crippen LogP contribution in [-0.4, -0.2) is 37.4 Å². The topological polar surface area (TPSA) is 36.4 Å². The molecular formula is C20H23N3O. The lowest BCUT2D eigenvalue weighted by atomic mass is 9.86. The van der Waals surface area contributed by atoms with Crippen LogP contribution in [0.1, 0.15) is 30.0 Å². The third kappa shape index (κ3) is 2.88. The normalized spacial score (nSPS) is 20.6. The number of carbonyl (C=O) groups excluding carboxylic acids is 1. The van der Waals surface area contributed by atoms with Gasteiger partial charge in [0.25, 0.3) is 0 Å². The van der Waals surface area contributed by atoms with Crippen molar-refractivity contribution in [3.63, 3.8) is 0 Å². The average molecular weight is 321 g/mol. The number of aromatic nitrogens is 1. The first kappa shape index (κ1) is 15.2. The predicted octanol–water partition coefficient (Wildman–Crippen LogP) is 3.03. The zero-order valence-electron chi connectivity index (χ0n) is 13.9. The number of carbonyl (C=O) groups is 1. The summed E-state index contributed by atoms with van der Waals surface area (Å²) in [4.78, 5) is 20.9. The standard InChI is InChI=1S/C20H23N3O/c24-15-16-5-4-8-19-18(16)9-10-20(21-19)23-13-11-22(12-14-23)17-6-2-1-3-7-17/h1-3,6-7,9-10,15-16H,4-5,8,11-14H2. The van der Waals surface area contributed by atoms with E-state index in [1.807, 2.05) is 0 Å². The molecule has 0 N–H and O–H groups in total. The van der Waals surface area contributed by atoms with Crippen LogP contribution in [0.4, 0.5) is 11.5 Å². The Balaban J connectivity index is 1.47. The fourth-order valence-electron chi connectivity index (χ4n) is 3.83. The number of anilines is 2. The van der Waals surface area contributed by atoms with E-state index in [1.165, 1.54) is 5.69 Å². The molecule has 2 aromatic rings. The van der Waals surface area contributed by atoms with Gasteiger partial charge in [0, 0.05) is 43.5 Å². The number of hydrogen-bond acceptors (Lipinski definition) is 4. The van der Waals surface area contributed by atoms with Gasteiger partial charge >= 0.3 is 0 Å². The molecule has 1 unspecified atom stereocenters. The summed E-state index contributed by atoms with van der Waals surface area (Å²) in [5, 5.41) is 0. The van der Waals surface area contributed by atoms with E-state index in [2.05, 4.69) is 52.3 Å². The molecule has 1 aliphatic carbocycles. The van der Waals surface area contributed by atoms with Crippen LogP contribution in [0.5, 0.6) is 0 Å². The Morgan fingerprint density at radius 1 is 0.958 bits per heavy atom. The van der Waals surface area contributed by atoms with Crippen LogP contribution in [0.15, 0.2) is 42.5 Å². The van der Waals surface area contributed by atoms with E-state index in [4.69, 9.17) is 4.98 Å². The van der Waals surface area contributed by atoms with Crippen LogP contribution in [-0.2, 0) is 11.2 Å². The van der Waals surface area contributed by atoms with Crippen LogP contribution in [0.25, 0.3) is 0 Å². The summed E-state index contributed by atoms with van der Waals surface area (Å²) >= 11 is 0. The Morgan fingerprint density at radius 2 is 1.71 bits per heavy atom. The molecule has 124 valence electrons. The van der Waals surface area contributed by atoms with E-state index in [-0.39, 0.29) is 5.92 Å². The first-order chi connectivity index (χ1) is 11.8. The summed E-state index contributed by atoms with van der Waals surface area (Å²) in [7, 11) is 0. The molecule has 1 aromatic carbocycles. The summed E-state index contributed by atoms with van der Waals surface area (Å²) in [6, 6.07) is 14.8. The highest BCUT2D eigenvalue weighted by molar-refractivity contribution is 5.64. The smallest absolute Gasteiger partial charge is 0.128 e. The zero-order valence-corrected chi connectivity index (χ0v) is 13.9. The lowest BCUT2D eigenvalue weighted by molar-refractivity contribution is -0.109. The molecular weight excluding hydrogens is 298 g/mol. The second kappa shape index (κ2) is 6.63. The first-order valence-electron chi connectivity index (χ1n) is 8.85. The van der Waals surface area contributed by atoms with Crippen molar-refractivity contribution in [3.05, 3.63) is 53.7 Å². The maximum absolute atomic E-state index is 11.2. The molecule has 1 aliphatic heterocycles. The lowest BCUT2D eigenvalue weighted by Crippen LogP contribution is -2.46. The average Bonchev–Trinajstić information content (AvgIpc) is 2.68. The van der Waals surface area contributed by atoms with Crippen molar-refractivity contribution >= 4 is 17.8 Å². The number of rotatable bonds is 3. The fraction of sp³-hybridized carbons (Fsp3) is 0.400. The quantitative estimate of drug-likeness (QED) is 0.814. The van der Waals surface area contributed by atoms with Crippen molar-refractivity contribution in [3.8, 4) is 0 Å². The Kier molecular flexibility index (Phi) is 4.20. The van der Waals surface area contributed by atoms with Gasteiger partial charge in [-0.2, -0.15) is 0 Å². The van der Waals surface area contributed by atoms with Crippen molar-refractivity contribution < 1.29 is 4.79 Å². The van der Waals surface area contributed by atoms with Gasteiger partial charge in [-0.3, -0.25) is 0 Å². The number of benzene rings is 1. The highest BCUT2D eigenvalue weighted by Gasteiger charge is 2.23. The highest BCUT2D eigenvalue weighted by Crippen LogP contribution is 2.31. The summed E-state index contributed by atoms with van der Waals surface area (Å²) < 4.78 is 0. The maximum atomic E-state index is 11.2. The highest BCUT2D eigenvalue weighted by atomic mass is 16.1. The van der Waals surface area contributed by atoms with Gasteiger partial charge in [0.15, 0.2) is 0 Å². The van der Waals surface area contributed by atoms with Crippen LogP contribution in [0.3, 0.4) is 0 Å². The van der Waals surface area contributed by atoms with Crippen molar-refractivity contribution in [1.29, 1.82) is 0 Å². The van der Waals surface area contributed by atoms with E-state index in [9.17, 15) is 4.79 Å². The number of nitrogens with zero attached hydrogens (tertiary/aromatic N) is 3. The molecule has 0 radical (unpaired) electrons. The number of pyridine rings is 1. The minimum absolute atomic E-state index is 0.0465. The largest absolute Gasteiger partial charge is 0.368 e. The molecule has 1 atom stereocenters. The van der Waals surface area contributed by atoms with Gasteiger partial charge in [0.05, 0.1) is 0 Å². The molecule has 1 saturated heterocycles. The van der Waals surface area contributed by atoms with Gasteiger partial charge in [-0.25, -0.2) is 4.98 Å². The van der Waals surface area contributed by atoms with Crippen LogP contribution < -0.4 is 9.80 Å². The van der Waals surface area contributed by atoms with Crippen LogP contribution in [0.2, 0.25) is 0 Å². The zero-order chi connectivity index (χ0) is 16.4. The molecule has 0 bridgehead atoms. The van der Waals surface area contributed by atoms with E-state index in [0.29, 0.717) is 0 Å². The number of para-hydroxylation sites is 1. The lowest BCUT2D eigenvalue weighted by Gasteiger charge is -2.37. The maximum Gasteiger partial charge on any atom is 0.128 e. The number of fused-ring (bicyclic) bond motifs is 1. The molecule has 1 aromatic heterocycles. The van der Waals surface area contributed by atoms with Crippen molar-refractivity contribution in [2.75, 3.05) is 36.0 Å².